The lowest BCUT2D eigenvalue weighted by molar-refractivity contribution is 0.186. The minimum atomic E-state index is -1.46. The molecule has 4 saturated carbocycles. The third-order valence-electron chi connectivity index (χ3n) is 9.25. The fourth-order valence-corrected chi connectivity index (χ4v) is 14.1. The molecule has 0 N–H and O–H groups in total. The molecule has 0 saturated heterocycles. The maximum Gasteiger partial charge on any atom is 0.387 e. The molecule has 4 atom stereocenters. The highest BCUT2D eigenvalue weighted by Crippen LogP contribution is 2.68. The topological polar surface area (TPSA) is 35.5 Å². The normalized spacial score (nSPS) is 29.8. The molecule has 1 aromatic heterocycles. The second-order valence-corrected chi connectivity index (χ2v) is 15.1. The predicted octanol–water partition coefficient (Wildman–Crippen LogP) is 9.25. The van der Waals surface area contributed by atoms with Gasteiger partial charge in [-0.05, 0) is 80.2 Å². The minimum absolute atomic E-state index is 0.0175. The van der Waals surface area contributed by atoms with E-state index >= 15 is 0 Å². The monoisotopic (exact) mass is 494 g/mol. The van der Waals surface area contributed by atoms with Crippen LogP contribution in [0.3, 0.4) is 0 Å². The molecule has 180 valence electrons. The van der Waals surface area contributed by atoms with Gasteiger partial charge in [0.15, 0.2) is 0 Å². The van der Waals surface area contributed by atoms with E-state index in [0.29, 0.717) is 12.0 Å². The van der Waals surface area contributed by atoms with Crippen molar-refractivity contribution in [2.45, 2.75) is 93.7 Å². The van der Waals surface area contributed by atoms with Crippen LogP contribution in [0.4, 0.5) is 0 Å². The van der Waals surface area contributed by atoms with E-state index in [9.17, 15) is 0 Å². The first-order valence-corrected chi connectivity index (χ1v) is 16.3. The van der Waals surface area contributed by atoms with Crippen LogP contribution in [-0.4, -0.2) is 23.1 Å². The van der Waals surface area contributed by atoms with Gasteiger partial charge in [-0.15, -0.1) is 0 Å². The summed E-state index contributed by atoms with van der Waals surface area (Å²) in [4.78, 5) is 0. The van der Waals surface area contributed by atoms with E-state index in [2.05, 4.69) is 48.5 Å². The van der Waals surface area contributed by atoms with Gasteiger partial charge in [0.05, 0.1) is 6.10 Å². The summed E-state index contributed by atoms with van der Waals surface area (Å²) in [6.45, 7) is 0. The Morgan fingerprint density at radius 3 is 1.79 bits per heavy atom. The lowest BCUT2D eigenvalue weighted by Crippen LogP contribution is -2.39. The molecule has 0 spiro atoms. The number of benzene rings is 2. The van der Waals surface area contributed by atoms with Crippen molar-refractivity contribution >= 4 is 38.1 Å². The molecule has 0 radical (unpaired) electrons. The van der Waals surface area contributed by atoms with Gasteiger partial charge in [-0.1, -0.05) is 70.0 Å². The quantitative estimate of drug-likeness (QED) is 0.332. The fraction of sp³-hybridized carbons (Fsp3) is 0.586. The van der Waals surface area contributed by atoms with E-state index in [-0.39, 0.29) is 7.92 Å². The lowest BCUT2D eigenvalue weighted by Gasteiger charge is -2.42. The number of hydrogen-bond donors (Lipinski definition) is 0. The van der Waals surface area contributed by atoms with E-state index in [0.717, 1.165) is 44.8 Å². The molecule has 5 heteroatoms. The van der Waals surface area contributed by atoms with Crippen LogP contribution in [0.2, 0.25) is 0 Å². The van der Waals surface area contributed by atoms with Crippen LogP contribution in [0.15, 0.2) is 56.9 Å². The lowest BCUT2D eigenvalue weighted by atomic mass is 9.97. The Morgan fingerprint density at radius 2 is 1.21 bits per heavy atom. The summed E-state index contributed by atoms with van der Waals surface area (Å²) in [7, 11) is -1.44. The zero-order valence-electron chi connectivity index (χ0n) is 20.0. The first-order valence-electron chi connectivity index (χ1n) is 13.6. The van der Waals surface area contributed by atoms with E-state index in [1.807, 2.05) is 0 Å². The highest BCUT2D eigenvalue weighted by molar-refractivity contribution is 7.60. The Morgan fingerprint density at radius 1 is 0.676 bits per heavy atom. The van der Waals surface area contributed by atoms with Crippen molar-refractivity contribution in [2.75, 3.05) is 0 Å². The second-order valence-electron chi connectivity index (χ2n) is 11.1. The summed E-state index contributed by atoms with van der Waals surface area (Å²) >= 11 is 0. The van der Waals surface area contributed by atoms with E-state index in [4.69, 9.17) is 12.9 Å². The maximum absolute atomic E-state index is 7.03. The van der Waals surface area contributed by atoms with Crippen LogP contribution in [-0.2, 0) is 0 Å². The minimum Gasteiger partial charge on any atom is -0.399 e. The van der Waals surface area contributed by atoms with E-state index in [1.165, 1.54) is 70.6 Å². The van der Waals surface area contributed by atoms with Crippen molar-refractivity contribution in [1.29, 1.82) is 0 Å². The fourth-order valence-electron chi connectivity index (χ4n) is 7.82. The Kier molecular flexibility index (Phi) is 6.02. The van der Waals surface area contributed by atoms with Crippen molar-refractivity contribution < 1.29 is 12.9 Å². The van der Waals surface area contributed by atoms with Gasteiger partial charge in [-0.2, -0.15) is 0 Å². The summed E-state index contributed by atoms with van der Waals surface area (Å²) in [6, 6.07) is 16.7. The van der Waals surface area contributed by atoms with Crippen LogP contribution < -0.4 is 4.52 Å². The van der Waals surface area contributed by atoms with E-state index < -0.39 is 8.24 Å². The summed E-state index contributed by atoms with van der Waals surface area (Å²) in [6.07, 6.45) is 16.2. The van der Waals surface area contributed by atoms with Crippen LogP contribution in [0.5, 0.6) is 0 Å². The number of para-hydroxylation sites is 2. The van der Waals surface area contributed by atoms with Gasteiger partial charge in [0.1, 0.15) is 11.2 Å². The van der Waals surface area contributed by atoms with Gasteiger partial charge in [0.2, 0.25) is 0 Å². The molecule has 3 aromatic rings. The zero-order chi connectivity index (χ0) is 22.5. The maximum atomic E-state index is 7.03. The van der Waals surface area contributed by atoms with Crippen LogP contribution in [0.1, 0.15) is 70.6 Å². The van der Waals surface area contributed by atoms with Gasteiger partial charge in [0.25, 0.3) is 0 Å². The summed E-state index contributed by atoms with van der Waals surface area (Å²) in [5.41, 5.74) is 4.53. The van der Waals surface area contributed by atoms with Crippen LogP contribution in [0.25, 0.3) is 21.9 Å². The zero-order valence-corrected chi connectivity index (χ0v) is 21.8. The molecule has 4 unspecified atom stereocenters. The largest absolute Gasteiger partial charge is 0.399 e. The van der Waals surface area contributed by atoms with Crippen LogP contribution in [0, 0.1) is 11.8 Å². The predicted molar refractivity (Wildman–Crippen MR) is 143 cm³/mol. The number of hydrogen-bond acceptors (Lipinski definition) is 3. The van der Waals surface area contributed by atoms with Gasteiger partial charge in [-0.25, -0.2) is 0 Å². The van der Waals surface area contributed by atoms with Crippen molar-refractivity contribution in [3.63, 3.8) is 0 Å². The highest BCUT2D eigenvalue weighted by atomic mass is 31.1. The highest BCUT2D eigenvalue weighted by Gasteiger charge is 2.55. The smallest absolute Gasteiger partial charge is 0.387 e. The first-order chi connectivity index (χ1) is 16.8. The molecule has 3 nitrogen and oxygen atoms in total. The molecule has 34 heavy (non-hydrogen) atoms. The van der Waals surface area contributed by atoms with Crippen molar-refractivity contribution in [2.24, 2.45) is 11.8 Å². The first kappa shape index (κ1) is 22.0. The average Bonchev–Trinajstić information content (AvgIpc) is 3.67. The Bertz CT molecular complexity index is 1120. The molecule has 1 heterocycles. The Labute approximate surface area is 205 Å². The van der Waals surface area contributed by atoms with Crippen LogP contribution >= 0.6 is 16.2 Å². The number of fused-ring (bicyclic) bond motifs is 5. The molecule has 0 amide bonds. The average molecular weight is 495 g/mol. The second kappa shape index (κ2) is 9.31. The standard InChI is InChI=1S/C29H36O3P2/c1-2-10-22(9-1)33(23-11-3-4-12-23)29-21-18-17-20(19-21)28(29)32-34-30-26-15-7-5-13-24(26)25-14-6-8-16-27(25)31-34/h5-8,13-16,20-23,28-29H,1-4,9-12,17-19H2. The molecule has 0 aliphatic heterocycles. The van der Waals surface area contributed by atoms with Gasteiger partial charge < -0.3 is 8.39 Å². The molecule has 4 fully saturated rings. The summed E-state index contributed by atoms with van der Waals surface area (Å²) < 4.78 is 20.1. The Balaban J connectivity index is 1.29. The molecule has 2 aromatic carbocycles. The van der Waals surface area contributed by atoms with E-state index in [1.54, 1.807) is 0 Å². The molecule has 4 aliphatic rings. The summed E-state index contributed by atoms with van der Waals surface area (Å²) in [5.74, 6) is 1.58. The molecule has 4 aliphatic carbocycles. The molecule has 7 rings (SSSR count). The number of rotatable bonds is 5. The van der Waals surface area contributed by atoms with Crippen molar-refractivity contribution in [3.05, 3.63) is 48.5 Å². The van der Waals surface area contributed by atoms with Gasteiger partial charge >= 0.3 is 8.24 Å². The van der Waals surface area contributed by atoms with Gasteiger partial charge in [-0.3, -0.25) is 4.52 Å². The third kappa shape index (κ3) is 3.87. The van der Waals surface area contributed by atoms with Crippen molar-refractivity contribution in [3.8, 4) is 0 Å². The Hall–Kier alpha value is -1.27. The molecule has 2 bridgehead atoms. The molecular weight excluding hydrogens is 458 g/mol. The van der Waals surface area contributed by atoms with Gasteiger partial charge in [0, 0.05) is 16.4 Å². The SMILES string of the molecule is c1ccc2c(c1)op(OC1C3CCC(C3)C1P(C1CCCC1)C1CCCC1)oc1ccccc12. The summed E-state index contributed by atoms with van der Waals surface area (Å²) in [5, 5.41) is 2.21. The third-order valence-corrected chi connectivity index (χ3v) is 14.5. The van der Waals surface area contributed by atoms with Crippen molar-refractivity contribution in [1.82, 2.24) is 0 Å². The molecular formula is C29H36O3P2.